The first kappa shape index (κ1) is 9.97. The molecule has 1 heterocycles. The van der Waals surface area contributed by atoms with Gasteiger partial charge in [0.15, 0.2) is 0 Å². The minimum Gasteiger partial charge on any atom is -0.283 e. The van der Waals surface area contributed by atoms with Crippen LogP contribution in [0.15, 0.2) is 24.4 Å². The lowest BCUT2D eigenvalue weighted by Crippen LogP contribution is -2.14. The summed E-state index contributed by atoms with van der Waals surface area (Å²) >= 11 is 0. The Balaban J connectivity index is 2.37. The van der Waals surface area contributed by atoms with Crippen LogP contribution in [0, 0.1) is 0 Å². The molecule has 0 unspecified atom stereocenters. The van der Waals surface area contributed by atoms with Gasteiger partial charge in [-0.3, -0.25) is 9.82 Å². The minimum atomic E-state index is -3.21. The Morgan fingerprint density at radius 3 is 3.00 bits per heavy atom. The number of benzene rings is 1. The van der Waals surface area contributed by atoms with Crippen molar-refractivity contribution < 1.29 is 8.42 Å². The Labute approximate surface area is 87.6 Å². The van der Waals surface area contributed by atoms with Crippen LogP contribution in [0.5, 0.6) is 0 Å². The molecule has 1 aromatic carbocycles. The number of hydrogen-bond acceptors (Lipinski definition) is 3. The molecule has 0 aliphatic heterocycles. The summed E-state index contributed by atoms with van der Waals surface area (Å²) in [6.45, 7) is 1.59. The number of aromatic nitrogens is 2. The molecule has 0 aliphatic rings. The van der Waals surface area contributed by atoms with E-state index in [2.05, 4.69) is 14.9 Å². The molecule has 2 N–H and O–H groups in total. The highest BCUT2D eigenvalue weighted by atomic mass is 32.2. The first-order valence-electron chi connectivity index (χ1n) is 4.54. The fraction of sp³-hybridized carbons (Fsp3) is 0.222. The normalized spacial score (nSPS) is 11.8. The van der Waals surface area contributed by atoms with Gasteiger partial charge in [-0.05, 0) is 25.1 Å². The lowest BCUT2D eigenvalue weighted by molar-refractivity contribution is 0.602. The summed E-state index contributed by atoms with van der Waals surface area (Å²) in [4.78, 5) is 0. The number of aromatic amines is 1. The summed E-state index contributed by atoms with van der Waals surface area (Å²) < 4.78 is 25.1. The maximum absolute atomic E-state index is 11.3. The van der Waals surface area contributed by atoms with Gasteiger partial charge in [-0.25, -0.2) is 8.42 Å². The van der Waals surface area contributed by atoms with Crippen LogP contribution in [0.2, 0.25) is 0 Å². The average Bonchev–Trinajstić information content (AvgIpc) is 2.64. The predicted octanol–water partition coefficient (Wildman–Crippen LogP) is 1.32. The molecule has 1 aromatic heterocycles. The van der Waals surface area contributed by atoms with Gasteiger partial charge in [-0.2, -0.15) is 5.10 Å². The summed E-state index contributed by atoms with van der Waals surface area (Å²) in [6.07, 6.45) is 1.69. The molecule has 0 saturated carbocycles. The van der Waals surface area contributed by atoms with Crippen molar-refractivity contribution in [2.45, 2.75) is 6.92 Å². The molecular formula is C9H11N3O2S. The lowest BCUT2D eigenvalue weighted by Gasteiger charge is -2.05. The van der Waals surface area contributed by atoms with E-state index in [9.17, 15) is 8.42 Å². The van der Waals surface area contributed by atoms with Crippen LogP contribution in [0.1, 0.15) is 6.92 Å². The Bertz CT molecular complexity index is 574. The number of fused-ring (bicyclic) bond motifs is 1. The zero-order valence-corrected chi connectivity index (χ0v) is 9.00. The second kappa shape index (κ2) is 3.54. The Morgan fingerprint density at radius 1 is 1.47 bits per heavy atom. The van der Waals surface area contributed by atoms with E-state index in [-0.39, 0.29) is 5.75 Å². The first-order chi connectivity index (χ1) is 7.11. The van der Waals surface area contributed by atoms with E-state index in [4.69, 9.17) is 0 Å². The van der Waals surface area contributed by atoms with Crippen molar-refractivity contribution in [2.75, 3.05) is 10.5 Å². The van der Waals surface area contributed by atoms with E-state index in [1.165, 1.54) is 0 Å². The number of hydrogen-bond donors (Lipinski definition) is 2. The van der Waals surface area contributed by atoms with Gasteiger partial charge in [-0.1, -0.05) is 0 Å². The van der Waals surface area contributed by atoms with Crippen LogP contribution in [-0.4, -0.2) is 24.4 Å². The van der Waals surface area contributed by atoms with Crippen molar-refractivity contribution in [2.24, 2.45) is 0 Å². The van der Waals surface area contributed by atoms with E-state index in [0.29, 0.717) is 5.69 Å². The molecule has 0 atom stereocenters. The molecule has 2 aromatic rings. The van der Waals surface area contributed by atoms with Crippen molar-refractivity contribution in [1.82, 2.24) is 10.2 Å². The van der Waals surface area contributed by atoms with Crippen molar-refractivity contribution in [3.05, 3.63) is 24.4 Å². The van der Waals surface area contributed by atoms with E-state index in [1.54, 1.807) is 25.3 Å². The van der Waals surface area contributed by atoms with Gasteiger partial charge in [0.05, 0.1) is 23.2 Å². The van der Waals surface area contributed by atoms with Crippen molar-refractivity contribution in [3.63, 3.8) is 0 Å². The highest BCUT2D eigenvalue weighted by Crippen LogP contribution is 2.17. The largest absolute Gasteiger partial charge is 0.283 e. The first-order valence-corrected chi connectivity index (χ1v) is 6.19. The van der Waals surface area contributed by atoms with Gasteiger partial charge < -0.3 is 0 Å². The third kappa shape index (κ3) is 2.10. The van der Waals surface area contributed by atoms with Gasteiger partial charge in [-0.15, -0.1) is 0 Å². The maximum Gasteiger partial charge on any atom is 0.232 e. The van der Waals surface area contributed by atoms with Crippen molar-refractivity contribution in [3.8, 4) is 0 Å². The zero-order chi connectivity index (χ0) is 10.9. The number of sulfonamides is 1. The summed E-state index contributed by atoms with van der Waals surface area (Å²) in [5, 5.41) is 7.59. The minimum absolute atomic E-state index is 0.0635. The number of H-pyrrole nitrogens is 1. The SMILES string of the molecule is CCS(=O)(=O)Nc1ccc2cn[nH]c2c1. The number of nitrogens with one attached hydrogen (secondary N) is 2. The van der Waals surface area contributed by atoms with Crippen LogP contribution < -0.4 is 4.72 Å². The molecule has 5 nitrogen and oxygen atoms in total. The molecule has 0 bridgehead atoms. The Morgan fingerprint density at radius 2 is 2.27 bits per heavy atom. The smallest absolute Gasteiger partial charge is 0.232 e. The Kier molecular flexibility index (Phi) is 2.36. The second-order valence-electron chi connectivity index (χ2n) is 3.18. The topological polar surface area (TPSA) is 74.8 Å². The highest BCUT2D eigenvalue weighted by molar-refractivity contribution is 7.92. The molecule has 0 fully saturated rings. The summed E-state index contributed by atoms with van der Waals surface area (Å²) in [6, 6.07) is 5.24. The fourth-order valence-electron chi connectivity index (χ4n) is 1.25. The van der Waals surface area contributed by atoms with Gasteiger partial charge >= 0.3 is 0 Å². The van der Waals surface area contributed by atoms with Crippen LogP contribution in [0.3, 0.4) is 0 Å². The molecule has 0 aliphatic carbocycles. The average molecular weight is 225 g/mol. The molecule has 6 heteroatoms. The quantitative estimate of drug-likeness (QED) is 0.827. The molecule has 15 heavy (non-hydrogen) atoms. The number of nitrogens with zero attached hydrogens (tertiary/aromatic N) is 1. The van der Waals surface area contributed by atoms with E-state index < -0.39 is 10.0 Å². The van der Waals surface area contributed by atoms with Gasteiger partial charge in [0.1, 0.15) is 0 Å². The zero-order valence-electron chi connectivity index (χ0n) is 8.19. The highest BCUT2D eigenvalue weighted by Gasteiger charge is 2.07. The maximum atomic E-state index is 11.3. The number of rotatable bonds is 3. The second-order valence-corrected chi connectivity index (χ2v) is 5.19. The lowest BCUT2D eigenvalue weighted by atomic mass is 10.2. The van der Waals surface area contributed by atoms with Crippen LogP contribution in [-0.2, 0) is 10.0 Å². The molecule has 2 rings (SSSR count). The van der Waals surface area contributed by atoms with Crippen molar-refractivity contribution >= 4 is 26.6 Å². The molecule has 0 spiro atoms. The Hall–Kier alpha value is -1.56. The molecule has 0 saturated heterocycles. The molecular weight excluding hydrogens is 214 g/mol. The van der Waals surface area contributed by atoms with E-state index >= 15 is 0 Å². The van der Waals surface area contributed by atoms with Gasteiger partial charge in [0, 0.05) is 5.39 Å². The van der Waals surface area contributed by atoms with Crippen LogP contribution in [0.4, 0.5) is 5.69 Å². The third-order valence-corrected chi connectivity index (χ3v) is 3.40. The fourth-order valence-corrected chi connectivity index (χ4v) is 1.88. The molecule has 80 valence electrons. The van der Waals surface area contributed by atoms with Crippen molar-refractivity contribution in [1.29, 1.82) is 0 Å². The standard InChI is InChI=1S/C9H11N3O2S/c1-2-15(13,14)12-8-4-3-7-6-10-11-9(7)5-8/h3-6,12H,2H2,1H3,(H,10,11). The monoisotopic (exact) mass is 225 g/mol. The molecule has 0 amide bonds. The molecule has 0 radical (unpaired) electrons. The van der Waals surface area contributed by atoms with E-state index in [0.717, 1.165) is 10.9 Å². The van der Waals surface area contributed by atoms with E-state index in [1.807, 2.05) is 6.07 Å². The summed E-state index contributed by atoms with van der Waals surface area (Å²) in [5.41, 5.74) is 1.36. The van der Waals surface area contributed by atoms with Crippen LogP contribution in [0.25, 0.3) is 10.9 Å². The van der Waals surface area contributed by atoms with Gasteiger partial charge in [0.25, 0.3) is 0 Å². The van der Waals surface area contributed by atoms with Gasteiger partial charge in [0.2, 0.25) is 10.0 Å². The summed E-state index contributed by atoms with van der Waals surface area (Å²) in [7, 11) is -3.21. The third-order valence-electron chi connectivity index (χ3n) is 2.10. The van der Waals surface area contributed by atoms with Crippen LogP contribution >= 0.6 is 0 Å². The summed E-state index contributed by atoms with van der Waals surface area (Å²) in [5.74, 6) is 0.0635. The number of anilines is 1. The predicted molar refractivity (Wildman–Crippen MR) is 59.2 cm³/mol.